The fraction of sp³-hybridized carbons (Fsp3) is 0.345. The zero-order valence-corrected chi connectivity index (χ0v) is 22.7. The number of H-pyrrole nitrogens is 1. The first kappa shape index (κ1) is 29.1. The van der Waals surface area contributed by atoms with Gasteiger partial charge >= 0.3 is 5.97 Å². The number of carboxylic acid groups (broad SMARTS) is 1. The summed E-state index contributed by atoms with van der Waals surface area (Å²) in [5, 5.41) is 22.9. The van der Waals surface area contributed by atoms with Crippen LogP contribution >= 0.6 is 0 Å². The molecule has 1 aliphatic heterocycles. The number of aromatic amines is 1. The van der Waals surface area contributed by atoms with Gasteiger partial charge in [-0.05, 0) is 17.5 Å². The molecule has 1 aromatic heterocycles. The molecule has 2 unspecified atom stereocenters. The summed E-state index contributed by atoms with van der Waals surface area (Å²) in [7, 11) is 0. The van der Waals surface area contributed by atoms with Gasteiger partial charge in [0.25, 0.3) is 11.8 Å². The Hall–Kier alpha value is -4.87. The van der Waals surface area contributed by atoms with Gasteiger partial charge in [-0.3, -0.25) is 19.2 Å². The first-order valence-electron chi connectivity index (χ1n) is 13.2. The van der Waals surface area contributed by atoms with Crippen LogP contribution in [0, 0.1) is 11.4 Å². The number of benzene rings is 2. The Bertz CT molecular complexity index is 1480. The molecule has 0 fully saturated rings. The number of amides is 2. The smallest absolute Gasteiger partial charge is 0.305 e. The summed E-state index contributed by atoms with van der Waals surface area (Å²) in [6, 6.07) is 14.5. The standard InChI is InChI=1S/C29H32N6O6/c1-17(2)26(34-27(39)20-15-31-21-11-7-6-10-19(20)21)23-14-29(41-35-23,13-18-8-4-3-5-9-18)28(40)33-22(12-25(37)38)24(36)16-32-30/h3-11,15,17,22,26,30-31H,12-14,16H2,1-2H3,(H,33,40)(H,34,39)(H,37,38)/t22-,26?,29?/m0/s1. The van der Waals surface area contributed by atoms with Crippen molar-refractivity contribution in [3.05, 3.63) is 71.9 Å². The molecule has 4 rings (SSSR count). The quantitative estimate of drug-likeness (QED) is 0.200. The van der Waals surface area contributed by atoms with Gasteiger partial charge in [-0.2, -0.15) is 5.11 Å². The SMILES string of the molecule is CC(C)C(NC(=O)c1c[nH]c2ccccc12)C1=NOC(Cc2ccccc2)(C(=O)N[C@@H](CC(=O)O)C(=O)CN=N)C1. The van der Waals surface area contributed by atoms with Crippen molar-refractivity contribution in [1.29, 1.82) is 5.53 Å². The molecule has 0 spiro atoms. The maximum absolute atomic E-state index is 13.7. The first-order valence-corrected chi connectivity index (χ1v) is 13.2. The van der Waals surface area contributed by atoms with E-state index < -0.39 is 48.3 Å². The van der Waals surface area contributed by atoms with Crippen molar-refractivity contribution in [3.8, 4) is 0 Å². The topological polar surface area (TPSA) is 186 Å². The second-order valence-electron chi connectivity index (χ2n) is 10.4. The van der Waals surface area contributed by atoms with Gasteiger partial charge in [0.2, 0.25) is 5.60 Å². The summed E-state index contributed by atoms with van der Waals surface area (Å²) in [6.07, 6.45) is 1.02. The van der Waals surface area contributed by atoms with Gasteiger partial charge in [0.15, 0.2) is 5.78 Å². The van der Waals surface area contributed by atoms with Crippen molar-refractivity contribution >= 4 is 40.2 Å². The van der Waals surface area contributed by atoms with E-state index in [1.807, 2.05) is 68.4 Å². The number of oxime groups is 1. The van der Waals surface area contributed by atoms with Crippen LogP contribution in [0.2, 0.25) is 0 Å². The van der Waals surface area contributed by atoms with E-state index in [9.17, 15) is 24.3 Å². The summed E-state index contributed by atoms with van der Waals surface area (Å²) >= 11 is 0. The van der Waals surface area contributed by atoms with Gasteiger partial charge in [-0.25, -0.2) is 5.53 Å². The third kappa shape index (κ3) is 6.65. The highest BCUT2D eigenvalue weighted by molar-refractivity contribution is 6.09. The molecule has 12 heteroatoms. The number of aliphatic carboxylic acids is 1. The largest absolute Gasteiger partial charge is 0.481 e. The highest BCUT2D eigenvalue weighted by Gasteiger charge is 2.49. The summed E-state index contributed by atoms with van der Waals surface area (Å²) in [6.45, 7) is 3.25. The average Bonchev–Trinajstić information content (AvgIpc) is 3.57. The van der Waals surface area contributed by atoms with Crippen molar-refractivity contribution in [2.75, 3.05) is 6.54 Å². The highest BCUT2D eigenvalue weighted by atomic mass is 16.7. The van der Waals surface area contributed by atoms with E-state index in [2.05, 4.69) is 25.9 Å². The van der Waals surface area contributed by atoms with Crippen molar-refractivity contribution in [3.63, 3.8) is 0 Å². The normalized spacial score (nSPS) is 17.8. The number of ketones is 1. The Balaban J connectivity index is 1.60. The van der Waals surface area contributed by atoms with Gasteiger partial charge in [0.1, 0.15) is 12.6 Å². The van der Waals surface area contributed by atoms with E-state index in [0.717, 1.165) is 16.5 Å². The summed E-state index contributed by atoms with van der Waals surface area (Å²) in [4.78, 5) is 59.9. The predicted octanol–water partition coefficient (Wildman–Crippen LogP) is 3.24. The molecule has 0 saturated heterocycles. The Labute approximate surface area is 236 Å². The molecule has 12 nitrogen and oxygen atoms in total. The number of carbonyl (C=O) groups excluding carboxylic acids is 3. The first-order chi connectivity index (χ1) is 19.6. The summed E-state index contributed by atoms with van der Waals surface area (Å²) < 4.78 is 0. The lowest BCUT2D eigenvalue weighted by atomic mass is 9.84. The molecule has 0 radical (unpaired) electrons. The molecule has 1 aliphatic rings. The number of nitrogens with zero attached hydrogens (tertiary/aromatic N) is 2. The third-order valence-corrected chi connectivity index (χ3v) is 7.00. The maximum atomic E-state index is 13.7. The Morgan fingerprint density at radius 2 is 1.80 bits per heavy atom. The van der Waals surface area contributed by atoms with Gasteiger partial charge in [0.05, 0.1) is 23.7 Å². The second-order valence-corrected chi connectivity index (χ2v) is 10.4. The molecule has 5 N–H and O–H groups in total. The van der Waals surface area contributed by atoms with Gasteiger partial charge < -0.3 is 25.6 Å². The molecule has 2 aromatic carbocycles. The van der Waals surface area contributed by atoms with E-state index in [4.69, 9.17) is 10.4 Å². The number of carbonyl (C=O) groups is 4. The van der Waals surface area contributed by atoms with Crippen LogP contribution in [0.15, 0.2) is 71.1 Å². The molecule has 0 saturated carbocycles. The van der Waals surface area contributed by atoms with E-state index >= 15 is 0 Å². The molecule has 0 aliphatic carbocycles. The number of fused-ring (bicyclic) bond motifs is 1. The predicted molar refractivity (Wildman–Crippen MR) is 150 cm³/mol. The Kier molecular flexibility index (Phi) is 8.91. The minimum absolute atomic E-state index is 0.0124. The van der Waals surface area contributed by atoms with Crippen molar-refractivity contribution in [2.45, 2.75) is 50.8 Å². The number of hydrogen-bond donors (Lipinski definition) is 5. The number of hydrogen-bond acceptors (Lipinski definition) is 8. The average molecular weight is 561 g/mol. The summed E-state index contributed by atoms with van der Waals surface area (Å²) in [5.41, 5.74) is 7.84. The minimum Gasteiger partial charge on any atom is -0.481 e. The third-order valence-electron chi connectivity index (χ3n) is 7.00. The van der Waals surface area contributed by atoms with Crippen LogP contribution in [-0.4, -0.2) is 63.6 Å². The molecule has 2 heterocycles. The van der Waals surface area contributed by atoms with Crippen molar-refractivity contribution in [1.82, 2.24) is 15.6 Å². The van der Waals surface area contributed by atoms with Gasteiger partial charge in [0, 0.05) is 29.9 Å². The fourth-order valence-electron chi connectivity index (χ4n) is 4.90. The second kappa shape index (κ2) is 12.5. The minimum atomic E-state index is -1.61. The molecule has 41 heavy (non-hydrogen) atoms. The van der Waals surface area contributed by atoms with Crippen molar-refractivity contribution in [2.24, 2.45) is 16.2 Å². The van der Waals surface area contributed by atoms with Crippen LogP contribution in [0.4, 0.5) is 0 Å². The fourth-order valence-corrected chi connectivity index (χ4v) is 4.90. The Morgan fingerprint density at radius 3 is 2.49 bits per heavy atom. The Morgan fingerprint density at radius 1 is 1.10 bits per heavy atom. The van der Waals surface area contributed by atoms with Crippen LogP contribution < -0.4 is 10.6 Å². The number of Topliss-reactive ketones (excluding diaryl/α,β-unsaturated/α-hetero) is 1. The number of carboxylic acids is 1. The molecule has 0 bridgehead atoms. The molecular weight excluding hydrogens is 528 g/mol. The summed E-state index contributed by atoms with van der Waals surface area (Å²) in [5.74, 6) is -3.18. The number of nitrogens with one attached hydrogen (secondary N) is 4. The molecular formula is C29H32N6O6. The zero-order valence-electron chi connectivity index (χ0n) is 22.7. The molecule has 214 valence electrons. The lowest BCUT2D eigenvalue weighted by Gasteiger charge is -2.28. The molecule has 3 atom stereocenters. The van der Waals surface area contributed by atoms with Crippen LogP contribution in [0.25, 0.3) is 10.9 Å². The number of rotatable bonds is 13. The van der Waals surface area contributed by atoms with E-state index in [1.165, 1.54) is 0 Å². The highest BCUT2D eigenvalue weighted by Crippen LogP contribution is 2.32. The van der Waals surface area contributed by atoms with Crippen LogP contribution in [0.1, 0.15) is 42.6 Å². The zero-order chi connectivity index (χ0) is 29.6. The van der Waals surface area contributed by atoms with E-state index in [0.29, 0.717) is 11.3 Å². The number of aromatic nitrogens is 1. The van der Waals surface area contributed by atoms with Gasteiger partial charge in [-0.1, -0.05) is 67.5 Å². The lowest BCUT2D eigenvalue weighted by Crippen LogP contribution is -2.55. The van der Waals surface area contributed by atoms with Crippen molar-refractivity contribution < 1.29 is 29.1 Å². The van der Waals surface area contributed by atoms with E-state index in [1.54, 1.807) is 6.20 Å². The number of para-hydroxylation sites is 1. The van der Waals surface area contributed by atoms with Crippen LogP contribution in [-0.2, 0) is 25.6 Å². The van der Waals surface area contributed by atoms with Crippen LogP contribution in [0.3, 0.4) is 0 Å². The monoisotopic (exact) mass is 560 g/mol. The maximum Gasteiger partial charge on any atom is 0.305 e. The van der Waals surface area contributed by atoms with Gasteiger partial charge in [-0.15, -0.1) is 0 Å². The van der Waals surface area contributed by atoms with Crippen LogP contribution in [0.5, 0.6) is 0 Å². The lowest BCUT2D eigenvalue weighted by molar-refractivity contribution is -0.147. The molecule has 2 amide bonds. The molecule has 3 aromatic rings. The van der Waals surface area contributed by atoms with E-state index in [-0.39, 0.29) is 24.7 Å².